The Morgan fingerprint density at radius 2 is 1.56 bits per heavy atom. The predicted octanol–water partition coefficient (Wildman–Crippen LogP) is 7.81. The molecule has 0 aliphatic heterocycles. The van der Waals surface area contributed by atoms with Gasteiger partial charge in [0, 0.05) is 16.5 Å². The summed E-state index contributed by atoms with van der Waals surface area (Å²) in [5.74, 6) is 2.83. The van der Waals surface area contributed by atoms with Gasteiger partial charge in [-0.15, -0.1) is 0 Å². The average Bonchev–Trinajstić information content (AvgIpc) is 2.79. The molecule has 0 spiro atoms. The molecular formula is C28H20F4. The predicted molar refractivity (Wildman–Crippen MR) is 120 cm³/mol. The highest BCUT2D eigenvalue weighted by Crippen LogP contribution is 2.29. The Bertz CT molecular complexity index is 1360. The number of unbranched alkanes of at least 4 members (excludes halogenated alkanes) is 1. The van der Waals surface area contributed by atoms with Crippen LogP contribution < -0.4 is 0 Å². The Hall–Kier alpha value is -3.58. The van der Waals surface area contributed by atoms with Gasteiger partial charge in [-0.25, -0.2) is 17.6 Å². The van der Waals surface area contributed by atoms with Crippen LogP contribution in [-0.2, 0) is 6.42 Å². The van der Waals surface area contributed by atoms with Gasteiger partial charge >= 0.3 is 0 Å². The lowest BCUT2D eigenvalue weighted by atomic mass is 9.99. The van der Waals surface area contributed by atoms with E-state index in [1.807, 2.05) is 6.07 Å². The molecule has 0 N–H and O–H groups in total. The Labute approximate surface area is 184 Å². The van der Waals surface area contributed by atoms with Gasteiger partial charge < -0.3 is 0 Å². The van der Waals surface area contributed by atoms with Crippen molar-refractivity contribution < 1.29 is 17.6 Å². The van der Waals surface area contributed by atoms with E-state index in [-0.39, 0.29) is 16.8 Å². The molecule has 0 heterocycles. The maximum absolute atomic E-state index is 14.8. The summed E-state index contributed by atoms with van der Waals surface area (Å²) in [5, 5.41) is 0.613. The van der Waals surface area contributed by atoms with Gasteiger partial charge in [0.05, 0.1) is 5.56 Å². The molecule has 32 heavy (non-hydrogen) atoms. The Morgan fingerprint density at radius 1 is 0.719 bits per heavy atom. The highest BCUT2D eigenvalue weighted by Gasteiger charge is 2.11. The van der Waals surface area contributed by atoms with E-state index in [0.717, 1.165) is 30.9 Å². The van der Waals surface area contributed by atoms with Crippen molar-refractivity contribution in [1.82, 2.24) is 0 Å². The molecule has 0 amide bonds. The van der Waals surface area contributed by atoms with Crippen LogP contribution >= 0.6 is 0 Å². The van der Waals surface area contributed by atoms with E-state index in [9.17, 15) is 17.6 Å². The second-order valence-electron chi connectivity index (χ2n) is 7.66. The van der Waals surface area contributed by atoms with E-state index in [4.69, 9.17) is 0 Å². The number of hydrogen-bond donors (Lipinski definition) is 0. The van der Waals surface area contributed by atoms with E-state index >= 15 is 0 Å². The van der Waals surface area contributed by atoms with Gasteiger partial charge in [-0.1, -0.05) is 55.5 Å². The molecule has 0 nitrogen and oxygen atoms in total. The standard InChI is InChI=1S/C28H20F4/c1-2-3-4-18-5-8-20(26(30)15-18)9-6-19-7-12-23(27(31)16-19)21-10-13-24-22(17-21)11-14-25(29)28(24)32/h5,7-8,10-17H,2-4H2,1H3. The van der Waals surface area contributed by atoms with Crippen LogP contribution in [0.3, 0.4) is 0 Å². The summed E-state index contributed by atoms with van der Waals surface area (Å²) in [6.07, 6.45) is 2.86. The minimum atomic E-state index is -0.925. The first kappa shape index (κ1) is 21.6. The third kappa shape index (κ3) is 4.53. The van der Waals surface area contributed by atoms with E-state index < -0.39 is 17.5 Å². The molecule has 160 valence electrons. The van der Waals surface area contributed by atoms with Crippen LogP contribution in [0.25, 0.3) is 21.9 Å². The van der Waals surface area contributed by atoms with Crippen LogP contribution in [-0.4, -0.2) is 0 Å². The number of rotatable bonds is 4. The largest absolute Gasteiger partial charge is 0.206 e. The van der Waals surface area contributed by atoms with Gasteiger partial charge in [0.25, 0.3) is 0 Å². The zero-order valence-corrected chi connectivity index (χ0v) is 17.5. The molecule has 0 unspecified atom stereocenters. The quantitative estimate of drug-likeness (QED) is 0.228. The van der Waals surface area contributed by atoms with Gasteiger partial charge in [0.2, 0.25) is 0 Å². The minimum absolute atomic E-state index is 0.138. The van der Waals surface area contributed by atoms with Crippen LogP contribution in [0.15, 0.2) is 66.7 Å². The minimum Gasteiger partial charge on any atom is -0.206 e. The molecule has 0 bridgehead atoms. The molecule has 0 radical (unpaired) electrons. The first-order valence-corrected chi connectivity index (χ1v) is 10.4. The number of halogens is 4. The van der Waals surface area contributed by atoms with Crippen LogP contribution in [0, 0.1) is 35.1 Å². The molecular weight excluding hydrogens is 412 g/mol. The van der Waals surface area contributed by atoms with Gasteiger partial charge in [0.1, 0.15) is 11.6 Å². The zero-order chi connectivity index (χ0) is 22.7. The number of benzene rings is 4. The number of aryl methyl sites for hydroxylation is 1. The second-order valence-corrected chi connectivity index (χ2v) is 7.66. The van der Waals surface area contributed by atoms with Crippen molar-refractivity contribution in [3.63, 3.8) is 0 Å². The van der Waals surface area contributed by atoms with Gasteiger partial charge in [-0.3, -0.25) is 0 Å². The summed E-state index contributed by atoms with van der Waals surface area (Å²) in [6, 6.07) is 16.6. The van der Waals surface area contributed by atoms with Crippen molar-refractivity contribution in [2.24, 2.45) is 0 Å². The number of hydrogen-bond acceptors (Lipinski definition) is 0. The summed E-state index contributed by atoms with van der Waals surface area (Å²) in [6.45, 7) is 2.08. The Kier molecular flexibility index (Phi) is 6.28. The van der Waals surface area contributed by atoms with Gasteiger partial charge in [-0.05, 0) is 65.8 Å². The summed E-state index contributed by atoms with van der Waals surface area (Å²) in [5.41, 5.74) is 2.46. The summed E-state index contributed by atoms with van der Waals surface area (Å²) < 4.78 is 56.4. The maximum Gasteiger partial charge on any atom is 0.166 e. The molecule has 0 saturated heterocycles. The van der Waals surface area contributed by atoms with Crippen molar-refractivity contribution in [3.8, 4) is 23.0 Å². The van der Waals surface area contributed by atoms with Gasteiger partial charge in [0.15, 0.2) is 11.6 Å². The van der Waals surface area contributed by atoms with Crippen molar-refractivity contribution in [1.29, 1.82) is 0 Å². The third-order valence-corrected chi connectivity index (χ3v) is 5.38. The SMILES string of the molecule is CCCCc1ccc(C#Cc2ccc(-c3ccc4c(F)c(F)ccc4c3)c(F)c2)c(F)c1. The Balaban J connectivity index is 1.60. The smallest absolute Gasteiger partial charge is 0.166 e. The van der Waals surface area contributed by atoms with Gasteiger partial charge in [-0.2, -0.15) is 0 Å². The van der Waals surface area contributed by atoms with Crippen molar-refractivity contribution in [2.75, 3.05) is 0 Å². The zero-order valence-electron chi connectivity index (χ0n) is 17.5. The molecule has 4 heteroatoms. The van der Waals surface area contributed by atoms with Crippen LogP contribution in [0.5, 0.6) is 0 Å². The van der Waals surface area contributed by atoms with Crippen molar-refractivity contribution in [3.05, 3.63) is 107 Å². The highest BCUT2D eigenvalue weighted by atomic mass is 19.2. The highest BCUT2D eigenvalue weighted by molar-refractivity contribution is 5.88. The van der Waals surface area contributed by atoms with E-state index in [0.29, 0.717) is 22.1 Å². The van der Waals surface area contributed by atoms with E-state index in [2.05, 4.69) is 18.8 Å². The number of fused-ring (bicyclic) bond motifs is 1. The average molecular weight is 432 g/mol. The van der Waals surface area contributed by atoms with Crippen molar-refractivity contribution >= 4 is 10.8 Å². The lowest BCUT2D eigenvalue weighted by Crippen LogP contribution is -1.91. The third-order valence-electron chi connectivity index (χ3n) is 5.38. The molecule has 4 aromatic carbocycles. The summed E-state index contributed by atoms with van der Waals surface area (Å²) in [4.78, 5) is 0. The lowest BCUT2D eigenvalue weighted by Gasteiger charge is -2.07. The lowest BCUT2D eigenvalue weighted by molar-refractivity contribution is 0.517. The Morgan fingerprint density at radius 3 is 2.31 bits per heavy atom. The molecule has 4 rings (SSSR count). The fraction of sp³-hybridized carbons (Fsp3) is 0.143. The second kappa shape index (κ2) is 9.28. The van der Waals surface area contributed by atoms with Crippen molar-refractivity contribution in [2.45, 2.75) is 26.2 Å². The molecule has 0 aliphatic rings. The monoisotopic (exact) mass is 432 g/mol. The van der Waals surface area contributed by atoms with Crippen LogP contribution in [0.2, 0.25) is 0 Å². The topological polar surface area (TPSA) is 0 Å². The molecule has 4 aromatic rings. The fourth-order valence-corrected chi connectivity index (χ4v) is 3.60. The molecule has 0 saturated carbocycles. The van der Waals surface area contributed by atoms with Crippen LogP contribution in [0.4, 0.5) is 17.6 Å². The first-order chi connectivity index (χ1) is 15.5. The summed E-state index contributed by atoms with van der Waals surface area (Å²) >= 11 is 0. The summed E-state index contributed by atoms with van der Waals surface area (Å²) in [7, 11) is 0. The molecule has 0 aromatic heterocycles. The molecule has 0 aliphatic carbocycles. The molecule has 0 atom stereocenters. The van der Waals surface area contributed by atoms with E-state index in [1.54, 1.807) is 30.3 Å². The van der Waals surface area contributed by atoms with Crippen LogP contribution in [0.1, 0.15) is 36.5 Å². The normalized spacial score (nSPS) is 10.8. The maximum atomic E-state index is 14.8. The first-order valence-electron chi connectivity index (χ1n) is 10.4. The molecule has 0 fully saturated rings. The fourth-order valence-electron chi connectivity index (χ4n) is 3.60. The van der Waals surface area contributed by atoms with E-state index in [1.165, 1.54) is 24.3 Å².